The Labute approximate surface area is 170 Å². The molecule has 0 aliphatic carbocycles. The van der Waals surface area contributed by atoms with Crippen LogP contribution in [0.2, 0.25) is 0 Å². The van der Waals surface area contributed by atoms with Gasteiger partial charge in [-0.25, -0.2) is 0 Å². The van der Waals surface area contributed by atoms with Gasteiger partial charge in [0, 0.05) is 19.9 Å². The Bertz CT molecular complexity index is 455. The Kier molecular flexibility index (Phi) is 15.4. The highest BCUT2D eigenvalue weighted by molar-refractivity contribution is 5.87. The molecule has 28 heavy (non-hydrogen) atoms. The van der Waals surface area contributed by atoms with Crippen LogP contribution in [0.5, 0.6) is 0 Å². The molecule has 7 nitrogen and oxygen atoms in total. The largest absolute Gasteiger partial charge is 0.394 e. The van der Waals surface area contributed by atoms with Crippen LogP contribution in [0.25, 0.3) is 0 Å². The van der Waals surface area contributed by atoms with E-state index in [-0.39, 0.29) is 36.7 Å². The highest BCUT2D eigenvalue weighted by Gasteiger charge is 2.24. The predicted molar refractivity (Wildman–Crippen MR) is 112 cm³/mol. The minimum Gasteiger partial charge on any atom is -0.394 e. The number of rotatable bonds is 16. The van der Waals surface area contributed by atoms with E-state index in [4.69, 9.17) is 0 Å². The Balaban J connectivity index is 4.50. The lowest BCUT2D eigenvalue weighted by atomic mass is 10.0. The predicted octanol–water partition coefficient (Wildman–Crippen LogP) is 2.27. The standard InChI is InChI=1S/C21H41N3O4/c1-5-6-7-8-9-10-11-20(27)24-18(14-16(2)3)21(28)23-17(15-25)12-13-19(26)22-4/h16-18,25H,5-15H2,1-4H3,(H,22,26)(H,23,28)(H,24,27). The highest BCUT2D eigenvalue weighted by atomic mass is 16.3. The molecular weight excluding hydrogens is 358 g/mol. The Morgan fingerprint density at radius 1 is 0.893 bits per heavy atom. The van der Waals surface area contributed by atoms with Crippen molar-refractivity contribution in [3.63, 3.8) is 0 Å². The molecule has 0 spiro atoms. The van der Waals surface area contributed by atoms with E-state index >= 15 is 0 Å². The van der Waals surface area contributed by atoms with Crippen molar-refractivity contribution in [2.75, 3.05) is 13.7 Å². The molecular formula is C21H41N3O4. The number of unbranched alkanes of at least 4 members (excludes halogenated alkanes) is 5. The molecule has 3 amide bonds. The average Bonchev–Trinajstić information content (AvgIpc) is 2.66. The summed E-state index contributed by atoms with van der Waals surface area (Å²) in [4.78, 5) is 36.2. The van der Waals surface area contributed by atoms with E-state index in [1.165, 1.54) is 19.3 Å². The van der Waals surface area contributed by atoms with Crippen molar-refractivity contribution in [3.8, 4) is 0 Å². The average molecular weight is 400 g/mol. The van der Waals surface area contributed by atoms with Gasteiger partial charge in [-0.2, -0.15) is 0 Å². The summed E-state index contributed by atoms with van der Waals surface area (Å²) in [6.07, 6.45) is 8.16. The molecule has 0 aromatic rings. The van der Waals surface area contributed by atoms with Crippen molar-refractivity contribution in [2.45, 2.75) is 97.1 Å². The van der Waals surface area contributed by atoms with E-state index in [1.54, 1.807) is 7.05 Å². The lowest BCUT2D eigenvalue weighted by molar-refractivity contribution is -0.130. The number of hydrogen-bond donors (Lipinski definition) is 4. The molecule has 0 heterocycles. The van der Waals surface area contributed by atoms with Gasteiger partial charge in [0.05, 0.1) is 12.6 Å². The number of aliphatic hydroxyl groups excluding tert-OH is 1. The topological polar surface area (TPSA) is 108 Å². The summed E-state index contributed by atoms with van der Waals surface area (Å²) >= 11 is 0. The molecule has 2 atom stereocenters. The van der Waals surface area contributed by atoms with Gasteiger partial charge in [-0.15, -0.1) is 0 Å². The van der Waals surface area contributed by atoms with Crippen molar-refractivity contribution in [1.82, 2.24) is 16.0 Å². The molecule has 0 aliphatic heterocycles. The summed E-state index contributed by atoms with van der Waals surface area (Å²) in [6.45, 7) is 5.92. The summed E-state index contributed by atoms with van der Waals surface area (Å²) in [6, 6.07) is -1.13. The second-order valence-corrected chi connectivity index (χ2v) is 7.87. The first-order valence-electron chi connectivity index (χ1n) is 10.7. The van der Waals surface area contributed by atoms with Crippen LogP contribution in [0.1, 0.15) is 85.0 Å². The molecule has 0 radical (unpaired) electrons. The maximum atomic E-state index is 12.6. The zero-order valence-corrected chi connectivity index (χ0v) is 18.2. The van der Waals surface area contributed by atoms with Gasteiger partial charge in [-0.1, -0.05) is 52.9 Å². The summed E-state index contributed by atoms with van der Waals surface area (Å²) < 4.78 is 0. The zero-order chi connectivity index (χ0) is 21.4. The molecule has 0 aliphatic rings. The zero-order valence-electron chi connectivity index (χ0n) is 18.2. The third kappa shape index (κ3) is 13.5. The third-order valence-corrected chi connectivity index (χ3v) is 4.68. The molecule has 0 saturated carbocycles. The van der Waals surface area contributed by atoms with E-state index in [0.29, 0.717) is 19.3 Å². The minimum atomic E-state index is -0.623. The fourth-order valence-corrected chi connectivity index (χ4v) is 2.98. The minimum absolute atomic E-state index is 0.109. The lowest BCUT2D eigenvalue weighted by Gasteiger charge is -2.23. The van der Waals surface area contributed by atoms with Crippen LogP contribution in [0.15, 0.2) is 0 Å². The van der Waals surface area contributed by atoms with Crippen LogP contribution in [-0.2, 0) is 14.4 Å². The molecule has 7 heteroatoms. The summed E-state index contributed by atoms with van der Waals surface area (Å²) in [5.41, 5.74) is 0. The number of carbonyl (C=O) groups excluding carboxylic acids is 3. The SMILES string of the molecule is CCCCCCCCC(=O)NC(CC(C)C)C(=O)NC(CO)CCC(=O)NC. The normalized spacial score (nSPS) is 13.1. The van der Waals surface area contributed by atoms with Crippen molar-refractivity contribution >= 4 is 17.7 Å². The summed E-state index contributed by atoms with van der Waals surface area (Å²) in [5.74, 6) is -0.314. The van der Waals surface area contributed by atoms with Crippen LogP contribution in [0.3, 0.4) is 0 Å². The molecule has 0 bridgehead atoms. The van der Waals surface area contributed by atoms with Crippen molar-refractivity contribution < 1.29 is 19.5 Å². The first kappa shape index (κ1) is 26.4. The van der Waals surface area contributed by atoms with Gasteiger partial charge in [0.2, 0.25) is 17.7 Å². The second-order valence-electron chi connectivity index (χ2n) is 7.87. The summed E-state index contributed by atoms with van der Waals surface area (Å²) in [7, 11) is 1.55. The van der Waals surface area contributed by atoms with Gasteiger partial charge in [0.15, 0.2) is 0 Å². The fraction of sp³-hybridized carbons (Fsp3) is 0.857. The molecule has 0 saturated heterocycles. The van der Waals surface area contributed by atoms with E-state index < -0.39 is 12.1 Å². The highest BCUT2D eigenvalue weighted by Crippen LogP contribution is 2.09. The molecule has 0 aromatic heterocycles. The van der Waals surface area contributed by atoms with E-state index in [0.717, 1.165) is 19.3 Å². The number of carbonyl (C=O) groups is 3. The van der Waals surface area contributed by atoms with Gasteiger partial charge in [0.1, 0.15) is 6.04 Å². The van der Waals surface area contributed by atoms with Gasteiger partial charge in [-0.3, -0.25) is 14.4 Å². The molecule has 2 unspecified atom stereocenters. The van der Waals surface area contributed by atoms with Crippen molar-refractivity contribution in [1.29, 1.82) is 0 Å². The Morgan fingerprint density at radius 2 is 1.54 bits per heavy atom. The van der Waals surface area contributed by atoms with Gasteiger partial charge >= 0.3 is 0 Å². The maximum absolute atomic E-state index is 12.6. The van der Waals surface area contributed by atoms with Crippen LogP contribution in [0.4, 0.5) is 0 Å². The smallest absolute Gasteiger partial charge is 0.242 e. The van der Waals surface area contributed by atoms with Crippen molar-refractivity contribution in [3.05, 3.63) is 0 Å². The molecule has 4 N–H and O–H groups in total. The second kappa shape index (κ2) is 16.3. The molecule has 0 aromatic carbocycles. The van der Waals surface area contributed by atoms with Crippen LogP contribution in [-0.4, -0.2) is 48.6 Å². The number of hydrogen-bond acceptors (Lipinski definition) is 4. The monoisotopic (exact) mass is 399 g/mol. The molecule has 0 rings (SSSR count). The Morgan fingerprint density at radius 3 is 2.11 bits per heavy atom. The van der Waals surface area contributed by atoms with E-state index in [1.807, 2.05) is 13.8 Å². The van der Waals surface area contributed by atoms with Gasteiger partial charge < -0.3 is 21.1 Å². The first-order chi connectivity index (χ1) is 13.3. The van der Waals surface area contributed by atoms with E-state index in [2.05, 4.69) is 22.9 Å². The quantitative estimate of drug-likeness (QED) is 0.299. The molecule has 164 valence electrons. The first-order valence-corrected chi connectivity index (χ1v) is 10.7. The fourth-order valence-electron chi connectivity index (χ4n) is 2.98. The van der Waals surface area contributed by atoms with E-state index in [9.17, 15) is 19.5 Å². The third-order valence-electron chi connectivity index (χ3n) is 4.68. The van der Waals surface area contributed by atoms with Gasteiger partial charge in [0.25, 0.3) is 0 Å². The van der Waals surface area contributed by atoms with Gasteiger partial charge in [-0.05, 0) is 25.2 Å². The molecule has 0 fully saturated rings. The maximum Gasteiger partial charge on any atom is 0.242 e. The van der Waals surface area contributed by atoms with Crippen LogP contribution >= 0.6 is 0 Å². The van der Waals surface area contributed by atoms with Crippen molar-refractivity contribution in [2.24, 2.45) is 5.92 Å². The lowest BCUT2D eigenvalue weighted by Crippen LogP contribution is -2.51. The number of aliphatic hydroxyl groups is 1. The summed E-state index contributed by atoms with van der Waals surface area (Å²) in [5, 5.41) is 17.6. The number of amides is 3. The Hall–Kier alpha value is -1.63. The van der Waals surface area contributed by atoms with Crippen LogP contribution in [0, 0.1) is 5.92 Å². The van der Waals surface area contributed by atoms with Crippen LogP contribution < -0.4 is 16.0 Å². The number of nitrogens with one attached hydrogen (secondary N) is 3.